The number of rotatable bonds is 4. The molecule has 1 aliphatic rings. The molecule has 1 aromatic rings. The van der Waals surface area contributed by atoms with Crippen molar-refractivity contribution in [2.45, 2.75) is 31.5 Å². The van der Waals surface area contributed by atoms with Crippen LogP contribution in [0, 0.1) is 0 Å². The number of thioether (sulfide) groups is 1. The predicted molar refractivity (Wildman–Crippen MR) is 80.6 cm³/mol. The highest BCUT2D eigenvalue weighted by molar-refractivity contribution is 7.99. The molecule has 4 nitrogen and oxygen atoms in total. The SMILES string of the molecule is CCSC1C=Cc2cc(C(F)(F)F)cc(C(C)N=[N+]=[N-])c2O1. The van der Waals surface area contributed by atoms with Crippen molar-refractivity contribution in [3.63, 3.8) is 0 Å². The second-order valence-corrected chi connectivity index (χ2v) is 6.04. The van der Waals surface area contributed by atoms with Gasteiger partial charge >= 0.3 is 6.18 Å². The highest BCUT2D eigenvalue weighted by Gasteiger charge is 2.33. The lowest BCUT2D eigenvalue weighted by molar-refractivity contribution is -0.137. The Morgan fingerprint density at radius 2 is 2.18 bits per heavy atom. The second-order valence-electron chi connectivity index (χ2n) is 4.66. The fourth-order valence-corrected chi connectivity index (χ4v) is 2.82. The quantitative estimate of drug-likeness (QED) is 0.412. The smallest absolute Gasteiger partial charge is 0.416 e. The summed E-state index contributed by atoms with van der Waals surface area (Å²) in [5, 5.41) is 3.50. The molecule has 0 bridgehead atoms. The van der Waals surface area contributed by atoms with Crippen LogP contribution in [-0.4, -0.2) is 11.2 Å². The van der Waals surface area contributed by atoms with Crippen molar-refractivity contribution in [2.24, 2.45) is 5.11 Å². The summed E-state index contributed by atoms with van der Waals surface area (Å²) >= 11 is 1.52. The average Bonchev–Trinajstić information content (AvgIpc) is 2.45. The van der Waals surface area contributed by atoms with Gasteiger partial charge in [0.05, 0.1) is 11.6 Å². The average molecular weight is 329 g/mol. The predicted octanol–water partition coefficient (Wildman–Crippen LogP) is 5.56. The van der Waals surface area contributed by atoms with E-state index < -0.39 is 17.8 Å². The standard InChI is InChI=1S/C14H14F3N3OS/c1-3-22-12-5-4-9-6-10(14(15,16)17)7-11(13(9)21-12)8(2)19-20-18/h4-8,12H,3H2,1-2H3. The van der Waals surface area contributed by atoms with E-state index in [2.05, 4.69) is 10.0 Å². The van der Waals surface area contributed by atoms with E-state index in [4.69, 9.17) is 10.3 Å². The van der Waals surface area contributed by atoms with E-state index in [1.54, 1.807) is 19.1 Å². The number of hydrogen-bond donors (Lipinski definition) is 0. The van der Waals surface area contributed by atoms with Gasteiger partial charge in [-0.05, 0) is 29.5 Å². The van der Waals surface area contributed by atoms with E-state index in [0.29, 0.717) is 11.3 Å². The molecule has 0 fully saturated rings. The highest BCUT2D eigenvalue weighted by atomic mass is 32.2. The number of hydrogen-bond acceptors (Lipinski definition) is 3. The first-order valence-electron chi connectivity index (χ1n) is 6.62. The minimum absolute atomic E-state index is 0.244. The van der Waals surface area contributed by atoms with Gasteiger partial charge in [0.2, 0.25) is 0 Å². The topological polar surface area (TPSA) is 58.0 Å². The summed E-state index contributed by atoms with van der Waals surface area (Å²) in [5.74, 6) is 1.16. The maximum Gasteiger partial charge on any atom is 0.416 e. The number of azide groups is 1. The molecule has 1 heterocycles. The lowest BCUT2D eigenvalue weighted by Gasteiger charge is -2.25. The summed E-state index contributed by atoms with van der Waals surface area (Å²) in [6.45, 7) is 3.51. The van der Waals surface area contributed by atoms with Crippen LogP contribution in [0.2, 0.25) is 0 Å². The molecule has 118 valence electrons. The number of alkyl halides is 3. The van der Waals surface area contributed by atoms with E-state index in [9.17, 15) is 13.2 Å². The zero-order chi connectivity index (χ0) is 16.3. The van der Waals surface area contributed by atoms with Crippen LogP contribution in [0.3, 0.4) is 0 Å². The molecule has 2 rings (SSSR count). The molecule has 0 aromatic heterocycles. The summed E-state index contributed by atoms with van der Waals surface area (Å²) in [4.78, 5) is 2.67. The molecular formula is C14H14F3N3OS. The van der Waals surface area contributed by atoms with Crippen molar-refractivity contribution in [3.8, 4) is 5.75 Å². The van der Waals surface area contributed by atoms with Gasteiger partial charge in [-0.3, -0.25) is 0 Å². The minimum Gasteiger partial charge on any atom is -0.475 e. The summed E-state index contributed by atoms with van der Waals surface area (Å²) in [6.07, 6.45) is -1.13. The van der Waals surface area contributed by atoms with Crippen molar-refractivity contribution in [2.75, 3.05) is 5.75 Å². The van der Waals surface area contributed by atoms with Gasteiger partial charge in [0.15, 0.2) is 5.44 Å². The molecule has 22 heavy (non-hydrogen) atoms. The first-order chi connectivity index (χ1) is 10.4. The van der Waals surface area contributed by atoms with Gasteiger partial charge in [-0.15, -0.1) is 11.8 Å². The van der Waals surface area contributed by atoms with Gasteiger partial charge in [0, 0.05) is 16.0 Å². The molecule has 2 atom stereocenters. The Morgan fingerprint density at radius 3 is 2.77 bits per heavy atom. The zero-order valence-corrected chi connectivity index (χ0v) is 12.8. The van der Waals surface area contributed by atoms with Gasteiger partial charge in [0.25, 0.3) is 0 Å². The molecule has 0 aliphatic carbocycles. The van der Waals surface area contributed by atoms with E-state index in [0.717, 1.165) is 17.9 Å². The first kappa shape index (κ1) is 16.6. The van der Waals surface area contributed by atoms with Crippen molar-refractivity contribution in [1.82, 2.24) is 0 Å². The molecule has 0 spiro atoms. The third-order valence-corrected chi connectivity index (χ3v) is 4.06. The van der Waals surface area contributed by atoms with Crippen LogP contribution in [0.15, 0.2) is 23.3 Å². The fourth-order valence-electron chi connectivity index (χ4n) is 2.14. The van der Waals surface area contributed by atoms with Crippen LogP contribution in [0.1, 0.15) is 36.6 Å². The van der Waals surface area contributed by atoms with E-state index >= 15 is 0 Å². The molecule has 0 N–H and O–H groups in total. The number of benzene rings is 1. The van der Waals surface area contributed by atoms with Crippen molar-refractivity contribution in [1.29, 1.82) is 0 Å². The number of ether oxygens (including phenoxy) is 1. The monoisotopic (exact) mass is 329 g/mol. The van der Waals surface area contributed by atoms with Gasteiger partial charge in [0.1, 0.15) is 5.75 Å². The van der Waals surface area contributed by atoms with E-state index in [1.165, 1.54) is 11.8 Å². The summed E-state index contributed by atoms with van der Waals surface area (Å²) in [5.41, 5.74) is 8.09. The molecule has 1 aliphatic heterocycles. The summed E-state index contributed by atoms with van der Waals surface area (Å²) < 4.78 is 44.8. The third kappa shape index (κ3) is 3.51. The van der Waals surface area contributed by atoms with Crippen LogP contribution in [0.5, 0.6) is 5.75 Å². The highest BCUT2D eigenvalue weighted by Crippen LogP contribution is 2.41. The van der Waals surface area contributed by atoms with Gasteiger partial charge in [-0.1, -0.05) is 25.0 Å². The molecule has 1 aromatic carbocycles. The summed E-state index contributed by atoms with van der Waals surface area (Å²) in [7, 11) is 0. The van der Waals surface area contributed by atoms with Gasteiger partial charge in [-0.25, -0.2) is 0 Å². The molecule has 0 saturated carbocycles. The number of nitrogens with zero attached hydrogens (tertiary/aromatic N) is 3. The lowest BCUT2D eigenvalue weighted by atomic mass is 9.98. The molecule has 0 amide bonds. The van der Waals surface area contributed by atoms with Crippen LogP contribution in [-0.2, 0) is 6.18 Å². The zero-order valence-electron chi connectivity index (χ0n) is 12.0. The summed E-state index contributed by atoms with van der Waals surface area (Å²) in [6, 6.07) is 1.29. The fraction of sp³-hybridized carbons (Fsp3) is 0.429. The normalized spacial score (nSPS) is 18.1. The molecule has 0 radical (unpaired) electrons. The molecule has 2 unspecified atom stereocenters. The Bertz CT molecular complexity index is 639. The van der Waals surface area contributed by atoms with E-state index in [-0.39, 0.29) is 11.0 Å². The number of halogens is 3. The van der Waals surface area contributed by atoms with Crippen LogP contribution in [0.4, 0.5) is 13.2 Å². The Labute approximate surface area is 130 Å². The van der Waals surface area contributed by atoms with Crippen LogP contribution in [0.25, 0.3) is 16.5 Å². The third-order valence-electron chi connectivity index (χ3n) is 3.15. The lowest BCUT2D eigenvalue weighted by Crippen LogP contribution is -2.17. The Morgan fingerprint density at radius 1 is 1.45 bits per heavy atom. The van der Waals surface area contributed by atoms with Crippen molar-refractivity contribution in [3.05, 3.63) is 45.3 Å². The molecule has 8 heteroatoms. The van der Waals surface area contributed by atoms with Gasteiger partial charge < -0.3 is 4.74 Å². The maximum atomic E-state index is 13.0. The largest absolute Gasteiger partial charge is 0.475 e. The Balaban J connectivity index is 2.55. The van der Waals surface area contributed by atoms with Crippen LogP contribution >= 0.6 is 11.8 Å². The van der Waals surface area contributed by atoms with Crippen LogP contribution < -0.4 is 4.74 Å². The van der Waals surface area contributed by atoms with Crippen molar-refractivity contribution >= 4 is 17.8 Å². The number of fused-ring (bicyclic) bond motifs is 1. The Kier molecular flexibility index (Phi) is 4.93. The first-order valence-corrected chi connectivity index (χ1v) is 7.67. The maximum absolute atomic E-state index is 13.0. The van der Waals surface area contributed by atoms with E-state index in [1.807, 2.05) is 6.92 Å². The minimum atomic E-state index is -4.47. The molecule has 0 saturated heterocycles. The second kappa shape index (κ2) is 6.54. The van der Waals surface area contributed by atoms with Crippen molar-refractivity contribution < 1.29 is 17.9 Å². The Hall–Kier alpha value is -1.79. The molecular weight excluding hydrogens is 315 g/mol. The van der Waals surface area contributed by atoms with Gasteiger partial charge in [-0.2, -0.15) is 13.2 Å².